The number of aromatic hydroxyl groups is 1. The minimum atomic E-state index is -0.720. The van der Waals surface area contributed by atoms with Crippen LogP contribution in [-0.2, 0) is 0 Å². The highest BCUT2D eigenvalue weighted by Crippen LogP contribution is 2.27. The molecule has 0 radical (unpaired) electrons. The number of phenols is 1. The number of carbonyl (C=O) groups is 1. The predicted octanol–water partition coefficient (Wildman–Crippen LogP) is 1.30. The molecule has 4 heteroatoms. The lowest BCUT2D eigenvalue weighted by Gasteiger charge is -2.46. The summed E-state index contributed by atoms with van der Waals surface area (Å²) in [5.74, 6) is -0.0134. The first kappa shape index (κ1) is 11.9. The number of aliphatic hydroxyl groups is 1. The lowest BCUT2D eigenvalue weighted by molar-refractivity contribution is -0.0826. The zero-order valence-corrected chi connectivity index (χ0v) is 10.1. The average molecular weight is 235 g/mol. The Morgan fingerprint density at radius 2 is 2.12 bits per heavy atom. The van der Waals surface area contributed by atoms with Gasteiger partial charge < -0.3 is 15.1 Å². The van der Waals surface area contributed by atoms with E-state index in [-0.39, 0.29) is 11.7 Å². The Morgan fingerprint density at radius 3 is 2.65 bits per heavy atom. The maximum absolute atomic E-state index is 12.0. The molecule has 0 spiro atoms. The third kappa shape index (κ3) is 2.13. The molecule has 0 bridgehead atoms. The molecule has 1 saturated heterocycles. The van der Waals surface area contributed by atoms with Gasteiger partial charge in [0.25, 0.3) is 5.91 Å². The minimum absolute atomic E-state index is 0.127. The molecule has 1 aliphatic rings. The maximum atomic E-state index is 12.0. The number of aryl methyl sites for hydroxylation is 1. The number of phenolic OH excluding ortho intramolecular Hbond substituents is 1. The van der Waals surface area contributed by atoms with E-state index in [9.17, 15) is 15.0 Å². The van der Waals surface area contributed by atoms with Crippen molar-refractivity contribution in [2.45, 2.75) is 25.9 Å². The molecule has 1 heterocycles. The average Bonchev–Trinajstić information content (AvgIpc) is 2.27. The van der Waals surface area contributed by atoms with Crippen LogP contribution in [0.5, 0.6) is 5.75 Å². The van der Waals surface area contributed by atoms with Gasteiger partial charge in [-0.1, -0.05) is 13.0 Å². The van der Waals surface area contributed by atoms with Gasteiger partial charge in [-0.2, -0.15) is 0 Å². The number of rotatable bonds is 2. The third-order valence-corrected chi connectivity index (χ3v) is 3.37. The molecule has 0 aliphatic carbocycles. The van der Waals surface area contributed by atoms with Crippen LogP contribution in [0.25, 0.3) is 0 Å². The highest BCUT2D eigenvalue weighted by atomic mass is 16.3. The number of hydrogen-bond donors (Lipinski definition) is 2. The van der Waals surface area contributed by atoms with Crippen LogP contribution in [0, 0.1) is 6.92 Å². The molecular formula is C13H17NO3. The van der Waals surface area contributed by atoms with Crippen LogP contribution in [0.15, 0.2) is 18.2 Å². The van der Waals surface area contributed by atoms with Gasteiger partial charge in [-0.3, -0.25) is 4.79 Å². The number of carbonyl (C=O) groups excluding carboxylic acids is 1. The van der Waals surface area contributed by atoms with Crippen LogP contribution >= 0.6 is 0 Å². The van der Waals surface area contributed by atoms with E-state index in [1.165, 1.54) is 6.07 Å². The van der Waals surface area contributed by atoms with E-state index < -0.39 is 5.60 Å². The number of amides is 1. The fourth-order valence-corrected chi connectivity index (χ4v) is 1.96. The summed E-state index contributed by atoms with van der Waals surface area (Å²) < 4.78 is 0. The molecule has 2 rings (SSSR count). The quantitative estimate of drug-likeness (QED) is 0.812. The Kier molecular flexibility index (Phi) is 2.83. The smallest absolute Gasteiger partial charge is 0.254 e. The highest BCUT2D eigenvalue weighted by molar-refractivity contribution is 5.95. The van der Waals surface area contributed by atoms with Gasteiger partial charge in [0.05, 0.1) is 18.7 Å². The molecule has 0 atom stereocenters. The third-order valence-electron chi connectivity index (χ3n) is 3.37. The largest absolute Gasteiger partial charge is 0.508 e. The second kappa shape index (κ2) is 4.04. The first-order valence-electron chi connectivity index (χ1n) is 5.76. The van der Waals surface area contributed by atoms with Gasteiger partial charge in [0, 0.05) is 5.56 Å². The molecule has 1 aromatic carbocycles. The number of nitrogens with zero attached hydrogens (tertiary/aromatic N) is 1. The Morgan fingerprint density at radius 1 is 1.47 bits per heavy atom. The molecule has 92 valence electrons. The van der Waals surface area contributed by atoms with Crippen LogP contribution in [0.1, 0.15) is 29.3 Å². The first-order valence-corrected chi connectivity index (χ1v) is 5.76. The standard InChI is InChI=1S/C13H17NO3/c1-3-13(17)7-14(8-13)12(16)10-5-4-9(2)11(15)6-10/h4-6,15,17H,3,7-8H2,1-2H3. The zero-order valence-electron chi connectivity index (χ0n) is 10.1. The monoisotopic (exact) mass is 235 g/mol. The lowest BCUT2D eigenvalue weighted by Crippen LogP contribution is -2.63. The molecule has 0 unspecified atom stereocenters. The molecule has 4 nitrogen and oxygen atoms in total. The molecule has 1 amide bonds. The molecule has 0 aromatic heterocycles. The van der Waals surface area contributed by atoms with Gasteiger partial charge in [-0.15, -0.1) is 0 Å². The lowest BCUT2D eigenvalue weighted by atomic mass is 9.90. The molecule has 2 N–H and O–H groups in total. The van der Waals surface area contributed by atoms with Crippen LogP contribution < -0.4 is 0 Å². The Bertz CT molecular complexity index is 450. The van der Waals surface area contributed by atoms with Gasteiger partial charge in [-0.05, 0) is 31.0 Å². The highest BCUT2D eigenvalue weighted by Gasteiger charge is 2.42. The SMILES string of the molecule is CCC1(O)CN(C(=O)c2ccc(C)c(O)c2)C1. The molecule has 1 aromatic rings. The summed E-state index contributed by atoms with van der Waals surface area (Å²) in [5, 5.41) is 19.4. The summed E-state index contributed by atoms with van der Waals surface area (Å²) in [6, 6.07) is 4.88. The zero-order chi connectivity index (χ0) is 12.6. The van der Waals surface area contributed by atoms with Crippen molar-refractivity contribution in [3.63, 3.8) is 0 Å². The van der Waals surface area contributed by atoms with E-state index in [0.29, 0.717) is 25.1 Å². The summed E-state index contributed by atoms with van der Waals surface area (Å²) in [5.41, 5.74) is 0.490. The van der Waals surface area contributed by atoms with Gasteiger partial charge in [0.1, 0.15) is 5.75 Å². The Hall–Kier alpha value is -1.55. The minimum Gasteiger partial charge on any atom is -0.508 e. The summed E-state index contributed by atoms with van der Waals surface area (Å²) >= 11 is 0. The van der Waals surface area contributed by atoms with Crippen molar-refractivity contribution in [2.75, 3.05) is 13.1 Å². The topological polar surface area (TPSA) is 60.8 Å². The van der Waals surface area contributed by atoms with Crippen molar-refractivity contribution >= 4 is 5.91 Å². The van der Waals surface area contributed by atoms with Crippen LogP contribution in [0.3, 0.4) is 0 Å². The van der Waals surface area contributed by atoms with Crippen molar-refractivity contribution in [3.8, 4) is 5.75 Å². The number of β-amino-alcohol motifs (C(OH)–C–C–N with tert-alkyl or cyclic N) is 1. The molecule has 0 saturated carbocycles. The van der Waals surface area contributed by atoms with Crippen molar-refractivity contribution in [1.29, 1.82) is 0 Å². The van der Waals surface area contributed by atoms with E-state index >= 15 is 0 Å². The van der Waals surface area contributed by atoms with E-state index in [2.05, 4.69) is 0 Å². The van der Waals surface area contributed by atoms with Crippen LogP contribution in [-0.4, -0.2) is 39.7 Å². The maximum Gasteiger partial charge on any atom is 0.254 e. The molecular weight excluding hydrogens is 218 g/mol. The molecule has 17 heavy (non-hydrogen) atoms. The van der Waals surface area contributed by atoms with Gasteiger partial charge in [-0.25, -0.2) is 0 Å². The van der Waals surface area contributed by atoms with E-state index in [1.54, 1.807) is 24.0 Å². The van der Waals surface area contributed by atoms with E-state index in [1.807, 2.05) is 6.92 Å². The summed E-state index contributed by atoms with van der Waals surface area (Å²) in [6.07, 6.45) is 0.649. The number of likely N-dealkylation sites (tertiary alicyclic amines) is 1. The van der Waals surface area contributed by atoms with E-state index in [4.69, 9.17) is 0 Å². The number of hydrogen-bond acceptors (Lipinski definition) is 3. The molecule has 1 fully saturated rings. The van der Waals surface area contributed by atoms with Gasteiger partial charge in [0.2, 0.25) is 0 Å². The predicted molar refractivity (Wildman–Crippen MR) is 64.0 cm³/mol. The second-order valence-electron chi connectivity index (χ2n) is 4.74. The normalized spacial score (nSPS) is 17.7. The van der Waals surface area contributed by atoms with Gasteiger partial charge >= 0.3 is 0 Å². The summed E-state index contributed by atoms with van der Waals surface area (Å²) in [4.78, 5) is 13.6. The van der Waals surface area contributed by atoms with Crippen molar-refractivity contribution in [3.05, 3.63) is 29.3 Å². The van der Waals surface area contributed by atoms with Crippen molar-refractivity contribution in [2.24, 2.45) is 0 Å². The summed E-state index contributed by atoms with van der Waals surface area (Å²) in [7, 11) is 0. The molecule has 1 aliphatic heterocycles. The van der Waals surface area contributed by atoms with Crippen LogP contribution in [0.2, 0.25) is 0 Å². The van der Waals surface area contributed by atoms with Gasteiger partial charge in [0.15, 0.2) is 0 Å². The Labute approximate surface area is 100 Å². The van der Waals surface area contributed by atoms with E-state index in [0.717, 1.165) is 5.56 Å². The fraction of sp³-hybridized carbons (Fsp3) is 0.462. The number of benzene rings is 1. The second-order valence-corrected chi connectivity index (χ2v) is 4.74. The first-order chi connectivity index (χ1) is 7.95. The Balaban J connectivity index is 2.09. The van der Waals surface area contributed by atoms with Crippen molar-refractivity contribution < 1.29 is 15.0 Å². The fourth-order valence-electron chi connectivity index (χ4n) is 1.96. The summed E-state index contributed by atoms with van der Waals surface area (Å²) in [6.45, 7) is 4.43. The van der Waals surface area contributed by atoms with Crippen LogP contribution in [0.4, 0.5) is 0 Å². The van der Waals surface area contributed by atoms with Crippen molar-refractivity contribution in [1.82, 2.24) is 4.90 Å².